The molecule has 30 heavy (non-hydrogen) atoms. The van der Waals surface area contributed by atoms with Crippen LogP contribution in [0.1, 0.15) is 23.1 Å². The van der Waals surface area contributed by atoms with Crippen LogP contribution in [0.5, 0.6) is 11.5 Å². The number of nitrogens with zero attached hydrogens (tertiary/aromatic N) is 2. The van der Waals surface area contributed by atoms with Crippen LogP contribution in [0, 0.1) is 6.92 Å². The summed E-state index contributed by atoms with van der Waals surface area (Å²) < 4.78 is 11.3. The van der Waals surface area contributed by atoms with Gasteiger partial charge in [0.15, 0.2) is 16.7 Å². The molecule has 1 saturated heterocycles. The first-order chi connectivity index (χ1) is 14.5. The first-order valence-electron chi connectivity index (χ1n) is 9.12. The molecular weight excluding hydrogens is 406 g/mol. The summed E-state index contributed by atoms with van der Waals surface area (Å²) in [5.41, 5.74) is 2.95. The number of hydrogen-bond donors (Lipinski definition) is 2. The lowest BCUT2D eigenvalue weighted by molar-refractivity contribution is -0.138. The number of carbonyl (C=O) groups excluding carboxylic acids is 1. The van der Waals surface area contributed by atoms with E-state index in [0.717, 1.165) is 28.5 Å². The van der Waals surface area contributed by atoms with Crippen molar-refractivity contribution >= 4 is 35.0 Å². The second-order valence-electron chi connectivity index (χ2n) is 6.47. The number of amides is 1. The summed E-state index contributed by atoms with van der Waals surface area (Å²) in [7, 11) is 1.57. The Hall–Kier alpha value is -3.33. The van der Waals surface area contributed by atoms with E-state index in [1.54, 1.807) is 25.3 Å². The number of nitrogens with one attached hydrogen (secondary N) is 1. The molecule has 0 aromatic heterocycles. The van der Waals surface area contributed by atoms with Gasteiger partial charge in [-0.25, -0.2) is 0 Å². The van der Waals surface area contributed by atoms with Gasteiger partial charge in [-0.15, -0.1) is 5.10 Å². The van der Waals surface area contributed by atoms with Crippen molar-refractivity contribution in [3.8, 4) is 11.5 Å². The summed E-state index contributed by atoms with van der Waals surface area (Å²) >= 11 is 1.05. The van der Waals surface area contributed by atoms with Gasteiger partial charge in [-0.2, -0.15) is 5.10 Å². The highest BCUT2D eigenvalue weighted by Gasteiger charge is 2.32. The fourth-order valence-electron chi connectivity index (χ4n) is 2.71. The summed E-state index contributed by atoms with van der Waals surface area (Å²) in [5, 5.41) is 18.9. The molecule has 1 aliphatic heterocycles. The first-order valence-corrected chi connectivity index (χ1v) is 10.00. The molecule has 1 fully saturated rings. The van der Waals surface area contributed by atoms with E-state index in [2.05, 4.69) is 15.5 Å². The Kier molecular flexibility index (Phi) is 7.08. The minimum Gasteiger partial charge on any atom is -0.493 e. The minimum atomic E-state index is -1.04. The largest absolute Gasteiger partial charge is 0.493 e. The van der Waals surface area contributed by atoms with Crippen LogP contribution >= 0.6 is 11.8 Å². The number of thioether (sulfide) groups is 1. The fourth-order valence-corrected chi connectivity index (χ4v) is 3.62. The number of carbonyl (C=O) groups is 2. The highest BCUT2D eigenvalue weighted by molar-refractivity contribution is 8.15. The molecule has 9 heteroatoms. The molecule has 2 aromatic rings. The maximum Gasteiger partial charge on any atom is 0.305 e. The average Bonchev–Trinajstić information content (AvgIpc) is 3.06. The van der Waals surface area contributed by atoms with Gasteiger partial charge < -0.3 is 19.9 Å². The zero-order valence-corrected chi connectivity index (χ0v) is 17.3. The molecule has 3 rings (SSSR count). The zero-order valence-electron chi connectivity index (χ0n) is 16.5. The van der Waals surface area contributed by atoms with Crippen LogP contribution in [0.15, 0.2) is 52.7 Å². The van der Waals surface area contributed by atoms with Gasteiger partial charge in [-0.3, -0.25) is 9.59 Å². The Bertz CT molecular complexity index is 1010. The predicted molar refractivity (Wildman–Crippen MR) is 115 cm³/mol. The van der Waals surface area contributed by atoms with E-state index in [9.17, 15) is 9.59 Å². The Morgan fingerprint density at radius 3 is 2.80 bits per heavy atom. The monoisotopic (exact) mass is 427 g/mol. The molecule has 0 saturated carbocycles. The third kappa shape index (κ3) is 5.60. The maximum absolute atomic E-state index is 11.7. The number of amidine groups is 1. The van der Waals surface area contributed by atoms with Gasteiger partial charge in [0, 0.05) is 0 Å². The van der Waals surface area contributed by atoms with E-state index in [1.807, 2.05) is 31.2 Å². The molecule has 0 spiro atoms. The van der Waals surface area contributed by atoms with E-state index in [-0.39, 0.29) is 17.5 Å². The van der Waals surface area contributed by atoms with E-state index in [0.29, 0.717) is 18.1 Å². The van der Waals surface area contributed by atoms with Crippen molar-refractivity contribution in [1.29, 1.82) is 0 Å². The van der Waals surface area contributed by atoms with Crippen molar-refractivity contribution in [3.05, 3.63) is 59.2 Å². The number of ether oxygens (including phenoxy) is 2. The lowest BCUT2D eigenvalue weighted by atomic mass is 10.1. The van der Waals surface area contributed by atoms with Crippen LogP contribution in [0.2, 0.25) is 0 Å². The van der Waals surface area contributed by atoms with E-state index >= 15 is 0 Å². The summed E-state index contributed by atoms with van der Waals surface area (Å²) in [6, 6.07) is 13.3. The minimum absolute atomic E-state index is 0.265. The number of benzene rings is 2. The van der Waals surface area contributed by atoms with Crippen LogP contribution in [0.25, 0.3) is 0 Å². The summed E-state index contributed by atoms with van der Waals surface area (Å²) in [6.45, 7) is 2.43. The van der Waals surface area contributed by atoms with Crippen molar-refractivity contribution in [3.63, 3.8) is 0 Å². The van der Waals surface area contributed by atoms with Crippen molar-refractivity contribution in [1.82, 2.24) is 5.32 Å². The Morgan fingerprint density at radius 1 is 1.27 bits per heavy atom. The highest BCUT2D eigenvalue weighted by Crippen LogP contribution is 2.29. The fraction of sp³-hybridized carbons (Fsp3) is 0.238. The van der Waals surface area contributed by atoms with Gasteiger partial charge in [0.25, 0.3) is 0 Å². The Labute approximate surface area is 178 Å². The third-order valence-electron chi connectivity index (χ3n) is 4.32. The standard InChI is InChI=1S/C21H21N3O5S/c1-13-5-3-4-6-15(13)12-29-17-9-14(7-8-16(17)28-2)11-22-24-21-23-20(27)18(30-21)10-19(25)26/h3-9,11,18H,10,12H2,1-2H3,(H,25,26)(H,23,24,27). The smallest absolute Gasteiger partial charge is 0.305 e. The third-order valence-corrected chi connectivity index (χ3v) is 5.40. The van der Waals surface area contributed by atoms with Gasteiger partial charge in [0.1, 0.15) is 11.9 Å². The number of aliphatic carboxylic acids is 1. The average molecular weight is 427 g/mol. The molecule has 0 bridgehead atoms. The van der Waals surface area contributed by atoms with Crippen LogP contribution < -0.4 is 14.8 Å². The quantitative estimate of drug-likeness (QED) is 0.495. The summed E-state index contributed by atoms with van der Waals surface area (Å²) in [5.74, 6) is -0.249. The second-order valence-corrected chi connectivity index (χ2v) is 7.66. The van der Waals surface area contributed by atoms with Gasteiger partial charge in [0.2, 0.25) is 5.91 Å². The number of aryl methyl sites for hydroxylation is 1. The van der Waals surface area contributed by atoms with Crippen LogP contribution in [-0.4, -0.2) is 40.7 Å². The van der Waals surface area contributed by atoms with Crippen LogP contribution in [0.4, 0.5) is 0 Å². The molecule has 1 aliphatic rings. The summed E-state index contributed by atoms with van der Waals surface area (Å²) in [6.07, 6.45) is 1.25. The summed E-state index contributed by atoms with van der Waals surface area (Å²) in [4.78, 5) is 22.5. The van der Waals surface area contributed by atoms with Gasteiger partial charge >= 0.3 is 5.97 Å². The predicted octanol–water partition coefficient (Wildman–Crippen LogP) is 2.98. The molecule has 0 aliphatic carbocycles. The number of methoxy groups -OCH3 is 1. The second kappa shape index (κ2) is 9.93. The molecule has 8 nitrogen and oxygen atoms in total. The van der Waals surface area contributed by atoms with E-state index < -0.39 is 11.2 Å². The number of carboxylic acids is 1. The van der Waals surface area contributed by atoms with Gasteiger partial charge in [0.05, 0.1) is 19.7 Å². The first kappa shape index (κ1) is 21.4. The molecule has 156 valence electrons. The number of rotatable bonds is 8. The normalized spacial score (nSPS) is 17.3. The molecule has 1 amide bonds. The molecule has 1 heterocycles. The van der Waals surface area contributed by atoms with Crippen molar-refractivity contribution < 1.29 is 24.2 Å². The maximum atomic E-state index is 11.7. The molecular formula is C21H21N3O5S. The Balaban J connectivity index is 1.68. The van der Waals surface area contributed by atoms with Crippen LogP contribution in [-0.2, 0) is 16.2 Å². The molecule has 1 unspecified atom stereocenters. The topological polar surface area (TPSA) is 110 Å². The van der Waals surface area contributed by atoms with Crippen molar-refractivity contribution in [2.75, 3.05) is 7.11 Å². The molecule has 1 atom stereocenters. The van der Waals surface area contributed by atoms with E-state index in [4.69, 9.17) is 14.6 Å². The lowest BCUT2D eigenvalue weighted by Crippen LogP contribution is -2.26. The molecule has 2 N–H and O–H groups in total. The zero-order chi connectivity index (χ0) is 21.5. The van der Waals surface area contributed by atoms with Crippen LogP contribution in [0.3, 0.4) is 0 Å². The van der Waals surface area contributed by atoms with Crippen molar-refractivity contribution in [2.45, 2.75) is 25.2 Å². The number of hydrogen-bond acceptors (Lipinski definition) is 7. The van der Waals surface area contributed by atoms with Gasteiger partial charge in [-0.1, -0.05) is 36.0 Å². The number of carboxylic acid groups (broad SMARTS) is 1. The lowest BCUT2D eigenvalue weighted by Gasteiger charge is -2.12. The molecule has 0 radical (unpaired) electrons. The Morgan fingerprint density at radius 2 is 2.07 bits per heavy atom. The highest BCUT2D eigenvalue weighted by atomic mass is 32.2. The SMILES string of the molecule is COc1ccc(C=NN=C2NC(=O)C(CC(=O)O)S2)cc1OCc1ccccc1C. The van der Waals surface area contributed by atoms with E-state index in [1.165, 1.54) is 6.21 Å². The molecule has 2 aromatic carbocycles. The van der Waals surface area contributed by atoms with Crippen molar-refractivity contribution in [2.24, 2.45) is 10.2 Å². The van der Waals surface area contributed by atoms with Gasteiger partial charge in [-0.05, 0) is 41.8 Å².